The second kappa shape index (κ2) is 8.24. The molecule has 0 aromatic carbocycles. The molecule has 7 nitrogen and oxygen atoms in total. The Morgan fingerprint density at radius 1 is 1.25 bits per heavy atom. The van der Waals surface area contributed by atoms with Gasteiger partial charge in [-0.25, -0.2) is 0 Å². The number of rotatable bonds is 6. The van der Waals surface area contributed by atoms with Gasteiger partial charge in [0.1, 0.15) is 5.82 Å². The first-order valence-corrected chi connectivity index (χ1v) is 8.10. The Hall–Kier alpha value is -2.70. The van der Waals surface area contributed by atoms with Crippen LogP contribution in [0.5, 0.6) is 0 Å². The van der Waals surface area contributed by atoms with E-state index in [1.165, 1.54) is 0 Å². The highest BCUT2D eigenvalue weighted by atomic mass is 16.2. The molecular weight excluding hydrogens is 306 g/mol. The smallest absolute Gasteiger partial charge is 0.314 e. The van der Waals surface area contributed by atoms with Crippen LogP contribution in [0.15, 0.2) is 30.5 Å². The van der Waals surface area contributed by atoms with Gasteiger partial charge >= 0.3 is 11.8 Å². The van der Waals surface area contributed by atoms with Crippen LogP contribution in [-0.2, 0) is 23.1 Å². The molecule has 0 aliphatic carbocycles. The van der Waals surface area contributed by atoms with Crippen molar-refractivity contribution in [2.75, 3.05) is 5.32 Å². The molecule has 0 fully saturated rings. The molecule has 7 heteroatoms. The lowest BCUT2D eigenvalue weighted by molar-refractivity contribution is -0.136. The number of anilines is 1. The lowest BCUT2D eigenvalue weighted by atomic mass is 10.1. The van der Waals surface area contributed by atoms with Crippen LogP contribution in [0.1, 0.15) is 44.1 Å². The van der Waals surface area contributed by atoms with Crippen molar-refractivity contribution < 1.29 is 9.59 Å². The summed E-state index contributed by atoms with van der Waals surface area (Å²) in [5.74, 6) is -0.895. The molecule has 2 amide bonds. The number of amides is 2. The highest BCUT2D eigenvalue weighted by Gasteiger charge is 2.21. The van der Waals surface area contributed by atoms with E-state index in [1.54, 1.807) is 24.0 Å². The molecule has 1 atom stereocenters. The summed E-state index contributed by atoms with van der Waals surface area (Å²) in [7, 11) is 1.72. The lowest BCUT2D eigenvalue weighted by Crippen LogP contribution is -2.38. The van der Waals surface area contributed by atoms with Crippen molar-refractivity contribution in [1.82, 2.24) is 20.1 Å². The van der Waals surface area contributed by atoms with E-state index in [4.69, 9.17) is 0 Å². The molecule has 0 radical (unpaired) electrons. The van der Waals surface area contributed by atoms with Crippen LogP contribution >= 0.6 is 0 Å². The van der Waals surface area contributed by atoms with Crippen molar-refractivity contribution in [2.24, 2.45) is 7.05 Å². The maximum Gasteiger partial charge on any atom is 0.314 e. The number of carbonyl (C=O) groups is 2. The maximum absolute atomic E-state index is 12.2. The SMILES string of the molecule is CCCC(NC(=O)C(=O)Nc1cc(CC)nn1C)c1ccccn1. The van der Waals surface area contributed by atoms with Crippen molar-refractivity contribution in [3.8, 4) is 0 Å². The first kappa shape index (κ1) is 17.7. The summed E-state index contributed by atoms with van der Waals surface area (Å²) in [5, 5.41) is 9.58. The van der Waals surface area contributed by atoms with E-state index in [1.807, 2.05) is 32.0 Å². The third-order valence-electron chi connectivity index (χ3n) is 3.67. The van der Waals surface area contributed by atoms with Crippen LogP contribution in [0, 0.1) is 0 Å². The number of carbonyl (C=O) groups excluding carboxylic acids is 2. The number of pyridine rings is 1. The number of nitrogens with one attached hydrogen (secondary N) is 2. The van der Waals surface area contributed by atoms with Crippen molar-refractivity contribution in [2.45, 2.75) is 39.2 Å². The van der Waals surface area contributed by atoms with Crippen LogP contribution in [0.25, 0.3) is 0 Å². The fraction of sp³-hybridized carbons (Fsp3) is 0.412. The Bertz CT molecular complexity index is 696. The predicted octanol–water partition coefficient (Wildman–Crippen LogP) is 1.97. The van der Waals surface area contributed by atoms with Gasteiger partial charge in [-0.15, -0.1) is 0 Å². The molecule has 0 aliphatic heterocycles. The molecule has 2 aromatic rings. The van der Waals surface area contributed by atoms with Gasteiger partial charge in [0.2, 0.25) is 0 Å². The van der Waals surface area contributed by atoms with Crippen molar-refractivity contribution in [3.63, 3.8) is 0 Å². The summed E-state index contributed by atoms with van der Waals surface area (Å²) in [4.78, 5) is 28.6. The average Bonchev–Trinajstić information content (AvgIpc) is 2.95. The van der Waals surface area contributed by atoms with E-state index < -0.39 is 11.8 Å². The van der Waals surface area contributed by atoms with Crippen molar-refractivity contribution >= 4 is 17.6 Å². The molecule has 24 heavy (non-hydrogen) atoms. The molecule has 0 bridgehead atoms. The summed E-state index contributed by atoms with van der Waals surface area (Å²) >= 11 is 0. The third kappa shape index (κ3) is 4.41. The molecule has 2 N–H and O–H groups in total. The predicted molar refractivity (Wildman–Crippen MR) is 91.2 cm³/mol. The first-order valence-electron chi connectivity index (χ1n) is 8.10. The van der Waals surface area contributed by atoms with E-state index in [-0.39, 0.29) is 6.04 Å². The molecule has 0 saturated carbocycles. The maximum atomic E-state index is 12.2. The van der Waals surface area contributed by atoms with Gasteiger partial charge < -0.3 is 10.6 Å². The van der Waals surface area contributed by atoms with Crippen LogP contribution < -0.4 is 10.6 Å². The first-order chi connectivity index (χ1) is 11.5. The summed E-state index contributed by atoms with van der Waals surface area (Å²) in [5.41, 5.74) is 1.60. The van der Waals surface area contributed by atoms with Crippen LogP contribution in [0.4, 0.5) is 5.82 Å². The van der Waals surface area contributed by atoms with Gasteiger partial charge in [0.25, 0.3) is 0 Å². The molecule has 2 heterocycles. The third-order valence-corrected chi connectivity index (χ3v) is 3.67. The molecular formula is C17H23N5O2. The minimum Gasteiger partial charge on any atom is -0.339 e. The molecule has 128 valence electrons. The lowest BCUT2D eigenvalue weighted by Gasteiger charge is -2.17. The molecule has 0 aliphatic rings. The monoisotopic (exact) mass is 329 g/mol. The minimum atomic E-state index is -0.710. The summed E-state index contributed by atoms with van der Waals surface area (Å²) < 4.78 is 1.55. The van der Waals surface area contributed by atoms with E-state index in [2.05, 4.69) is 20.7 Å². The second-order valence-electron chi connectivity index (χ2n) is 5.52. The number of aryl methyl sites for hydroxylation is 2. The normalized spacial score (nSPS) is 11.8. The van der Waals surface area contributed by atoms with E-state index >= 15 is 0 Å². The fourth-order valence-corrected chi connectivity index (χ4v) is 2.38. The Morgan fingerprint density at radius 2 is 2.04 bits per heavy atom. The topological polar surface area (TPSA) is 88.9 Å². The largest absolute Gasteiger partial charge is 0.339 e. The van der Waals surface area contributed by atoms with E-state index in [0.29, 0.717) is 12.2 Å². The minimum absolute atomic E-state index is 0.285. The number of hydrogen-bond donors (Lipinski definition) is 2. The van der Waals surface area contributed by atoms with Crippen LogP contribution in [0.2, 0.25) is 0 Å². The van der Waals surface area contributed by atoms with Crippen molar-refractivity contribution in [3.05, 3.63) is 41.9 Å². The van der Waals surface area contributed by atoms with Gasteiger partial charge in [-0.2, -0.15) is 5.10 Å². The summed E-state index contributed by atoms with van der Waals surface area (Å²) in [6, 6.07) is 6.99. The van der Waals surface area contributed by atoms with Crippen LogP contribution in [-0.4, -0.2) is 26.6 Å². The van der Waals surface area contributed by atoms with Gasteiger partial charge in [0.05, 0.1) is 17.4 Å². The zero-order valence-corrected chi connectivity index (χ0v) is 14.2. The fourth-order valence-electron chi connectivity index (χ4n) is 2.38. The van der Waals surface area contributed by atoms with Gasteiger partial charge in [0.15, 0.2) is 0 Å². The zero-order chi connectivity index (χ0) is 17.5. The Labute approximate surface area is 141 Å². The molecule has 2 aromatic heterocycles. The van der Waals surface area contributed by atoms with Gasteiger partial charge in [-0.05, 0) is 25.0 Å². The highest BCUT2D eigenvalue weighted by Crippen LogP contribution is 2.16. The van der Waals surface area contributed by atoms with Gasteiger partial charge in [-0.3, -0.25) is 19.3 Å². The van der Waals surface area contributed by atoms with Gasteiger partial charge in [-0.1, -0.05) is 26.3 Å². The number of nitrogens with zero attached hydrogens (tertiary/aromatic N) is 3. The number of aromatic nitrogens is 3. The molecule has 2 rings (SSSR count). The Morgan fingerprint density at radius 3 is 2.62 bits per heavy atom. The second-order valence-corrected chi connectivity index (χ2v) is 5.52. The quantitative estimate of drug-likeness (QED) is 0.793. The van der Waals surface area contributed by atoms with E-state index in [9.17, 15) is 9.59 Å². The Balaban J connectivity index is 2.03. The molecule has 1 unspecified atom stereocenters. The standard InChI is InChI=1S/C17H23N5O2/c1-4-8-14(13-9-6-7-10-18-13)19-16(23)17(24)20-15-11-12(5-2)21-22(15)3/h6-7,9-11,14H,4-5,8H2,1-3H3,(H,19,23)(H,20,24). The summed E-state index contributed by atoms with van der Waals surface area (Å²) in [6.07, 6.45) is 4.01. The highest BCUT2D eigenvalue weighted by molar-refractivity contribution is 6.39. The van der Waals surface area contributed by atoms with Crippen LogP contribution in [0.3, 0.4) is 0 Å². The molecule has 0 saturated heterocycles. The average molecular weight is 329 g/mol. The Kier molecular flexibility index (Phi) is 6.06. The zero-order valence-electron chi connectivity index (χ0n) is 14.2. The number of hydrogen-bond acceptors (Lipinski definition) is 4. The van der Waals surface area contributed by atoms with Gasteiger partial charge in [0, 0.05) is 19.3 Å². The van der Waals surface area contributed by atoms with Crippen molar-refractivity contribution in [1.29, 1.82) is 0 Å². The summed E-state index contributed by atoms with van der Waals surface area (Å²) in [6.45, 7) is 3.99. The molecule has 0 spiro atoms. The van der Waals surface area contributed by atoms with E-state index in [0.717, 1.165) is 24.2 Å².